The van der Waals surface area contributed by atoms with Crippen molar-refractivity contribution in [1.82, 2.24) is 24.4 Å². The number of nitrogens with zero attached hydrogens (tertiary/aromatic N) is 5. The Hall–Kier alpha value is -1.40. The second-order valence-corrected chi connectivity index (χ2v) is 5.44. The summed E-state index contributed by atoms with van der Waals surface area (Å²) in [5.41, 5.74) is 1.79. The summed E-state index contributed by atoms with van der Waals surface area (Å²) in [6.45, 7) is 2.65. The van der Waals surface area contributed by atoms with Gasteiger partial charge in [-0.1, -0.05) is 12.1 Å². The van der Waals surface area contributed by atoms with Gasteiger partial charge in [0.15, 0.2) is 4.96 Å². The highest BCUT2D eigenvalue weighted by Gasteiger charge is 2.11. The lowest BCUT2D eigenvalue weighted by molar-refractivity contribution is 0.640. The highest BCUT2D eigenvalue weighted by Crippen LogP contribution is 2.21. The fourth-order valence-electron chi connectivity index (χ4n) is 1.76. The number of fused-ring (bicyclic) bond motifs is 1. The van der Waals surface area contributed by atoms with Gasteiger partial charge in [-0.25, -0.2) is 9.67 Å². The quantitative estimate of drug-likeness (QED) is 0.691. The molecular formula is C11H12ClN5S. The lowest BCUT2D eigenvalue weighted by Crippen LogP contribution is -2.00. The van der Waals surface area contributed by atoms with E-state index in [9.17, 15) is 0 Å². The van der Waals surface area contributed by atoms with Crippen LogP contribution in [0.4, 0.5) is 0 Å². The van der Waals surface area contributed by atoms with Crippen LogP contribution in [0.25, 0.3) is 4.96 Å². The number of aromatic nitrogens is 5. The highest BCUT2D eigenvalue weighted by molar-refractivity contribution is 7.15. The summed E-state index contributed by atoms with van der Waals surface area (Å²) >= 11 is 7.74. The summed E-state index contributed by atoms with van der Waals surface area (Å²) < 4.78 is 3.78. The van der Waals surface area contributed by atoms with Gasteiger partial charge in [-0.3, -0.25) is 4.40 Å². The van der Waals surface area contributed by atoms with Gasteiger partial charge in [0.1, 0.15) is 5.69 Å². The third kappa shape index (κ3) is 2.13. The zero-order valence-corrected chi connectivity index (χ0v) is 11.4. The van der Waals surface area contributed by atoms with Gasteiger partial charge >= 0.3 is 0 Å². The molecule has 18 heavy (non-hydrogen) atoms. The van der Waals surface area contributed by atoms with Crippen LogP contribution in [0.15, 0.2) is 24.0 Å². The standard InChI is InChI=1S/C11H12ClN5S/c1-2-9(12)10-7-17(15-14-10)6-8-5-16-3-4-18-11(16)13-8/h3-5,7,9H,2,6H2,1H3. The Morgan fingerprint density at radius 1 is 1.44 bits per heavy atom. The van der Waals surface area contributed by atoms with Gasteiger partial charge in [-0.05, 0) is 6.42 Å². The number of imidazole rings is 1. The maximum absolute atomic E-state index is 6.12. The normalized spacial score (nSPS) is 13.2. The van der Waals surface area contributed by atoms with Crippen LogP contribution < -0.4 is 0 Å². The van der Waals surface area contributed by atoms with E-state index in [0.29, 0.717) is 6.54 Å². The van der Waals surface area contributed by atoms with Gasteiger partial charge in [0.05, 0.1) is 23.8 Å². The van der Waals surface area contributed by atoms with E-state index in [4.69, 9.17) is 11.6 Å². The minimum atomic E-state index is -0.0655. The molecule has 94 valence electrons. The number of hydrogen-bond acceptors (Lipinski definition) is 4. The minimum absolute atomic E-state index is 0.0655. The van der Waals surface area contributed by atoms with E-state index < -0.39 is 0 Å². The topological polar surface area (TPSA) is 48.0 Å². The lowest BCUT2D eigenvalue weighted by atomic mass is 10.3. The molecule has 0 saturated heterocycles. The van der Waals surface area contributed by atoms with Gasteiger partial charge in [-0.15, -0.1) is 28.0 Å². The van der Waals surface area contributed by atoms with Crippen molar-refractivity contribution in [1.29, 1.82) is 0 Å². The van der Waals surface area contributed by atoms with Gasteiger partial charge < -0.3 is 0 Å². The smallest absolute Gasteiger partial charge is 0.193 e. The summed E-state index contributed by atoms with van der Waals surface area (Å²) in [6.07, 6.45) is 6.73. The third-order valence-corrected chi connectivity index (χ3v) is 4.01. The van der Waals surface area contributed by atoms with Crippen molar-refractivity contribution in [3.05, 3.63) is 35.4 Å². The van der Waals surface area contributed by atoms with E-state index >= 15 is 0 Å². The Morgan fingerprint density at radius 2 is 2.33 bits per heavy atom. The molecule has 0 spiro atoms. The molecule has 7 heteroatoms. The molecule has 0 aliphatic heterocycles. The molecule has 1 atom stereocenters. The Balaban J connectivity index is 1.79. The van der Waals surface area contributed by atoms with Crippen LogP contribution in [0.3, 0.4) is 0 Å². The molecule has 1 unspecified atom stereocenters. The molecule has 0 aliphatic rings. The molecule has 3 heterocycles. The lowest BCUT2D eigenvalue weighted by Gasteiger charge is -1.98. The Labute approximate surface area is 113 Å². The Kier molecular flexibility index (Phi) is 3.05. The maximum atomic E-state index is 6.12. The molecule has 0 fully saturated rings. The van der Waals surface area contributed by atoms with Gasteiger partial charge in [0, 0.05) is 17.8 Å². The Morgan fingerprint density at radius 3 is 3.11 bits per heavy atom. The van der Waals surface area contributed by atoms with Crippen molar-refractivity contribution in [3.8, 4) is 0 Å². The van der Waals surface area contributed by atoms with E-state index in [1.807, 2.05) is 35.3 Å². The predicted octanol–water partition coefficient (Wildman–Crippen LogP) is 2.73. The first kappa shape index (κ1) is 11.7. The first-order chi connectivity index (χ1) is 8.76. The second kappa shape index (κ2) is 4.70. The molecule has 0 N–H and O–H groups in total. The van der Waals surface area contributed by atoms with Crippen molar-refractivity contribution >= 4 is 27.9 Å². The molecular weight excluding hydrogens is 270 g/mol. The van der Waals surface area contributed by atoms with Crippen LogP contribution in [0, 0.1) is 0 Å². The van der Waals surface area contributed by atoms with Crippen molar-refractivity contribution in [3.63, 3.8) is 0 Å². The predicted molar refractivity (Wildman–Crippen MR) is 71.1 cm³/mol. The number of hydrogen-bond donors (Lipinski definition) is 0. The molecule has 0 aromatic carbocycles. The maximum Gasteiger partial charge on any atom is 0.193 e. The summed E-state index contributed by atoms with van der Waals surface area (Å²) in [5.74, 6) is 0. The fourth-order valence-corrected chi connectivity index (χ4v) is 2.58. The zero-order valence-electron chi connectivity index (χ0n) is 9.82. The average Bonchev–Trinajstić information content (AvgIpc) is 3.03. The van der Waals surface area contributed by atoms with Crippen molar-refractivity contribution in [2.24, 2.45) is 0 Å². The molecule has 0 amide bonds. The first-order valence-electron chi connectivity index (χ1n) is 5.71. The molecule has 3 rings (SSSR count). The van der Waals surface area contributed by atoms with E-state index in [2.05, 4.69) is 15.3 Å². The van der Waals surface area contributed by atoms with E-state index in [1.165, 1.54) is 0 Å². The van der Waals surface area contributed by atoms with Crippen LogP contribution in [0.5, 0.6) is 0 Å². The van der Waals surface area contributed by atoms with Crippen LogP contribution in [0.1, 0.15) is 30.1 Å². The number of alkyl halides is 1. The molecule has 5 nitrogen and oxygen atoms in total. The molecule has 0 bridgehead atoms. The largest absolute Gasteiger partial charge is 0.297 e. The number of halogens is 1. The van der Waals surface area contributed by atoms with E-state index in [1.54, 1.807) is 16.0 Å². The zero-order chi connectivity index (χ0) is 12.5. The van der Waals surface area contributed by atoms with Crippen molar-refractivity contribution < 1.29 is 0 Å². The highest BCUT2D eigenvalue weighted by atomic mass is 35.5. The van der Waals surface area contributed by atoms with E-state index in [0.717, 1.165) is 22.8 Å². The minimum Gasteiger partial charge on any atom is -0.297 e. The van der Waals surface area contributed by atoms with Crippen LogP contribution in [-0.2, 0) is 6.54 Å². The SMILES string of the molecule is CCC(Cl)c1cn(Cc2cn3ccsc3n2)nn1. The van der Waals surface area contributed by atoms with Gasteiger partial charge in [-0.2, -0.15) is 0 Å². The van der Waals surface area contributed by atoms with Crippen molar-refractivity contribution in [2.45, 2.75) is 25.3 Å². The van der Waals surface area contributed by atoms with Crippen LogP contribution >= 0.6 is 22.9 Å². The van der Waals surface area contributed by atoms with Crippen LogP contribution in [-0.4, -0.2) is 24.4 Å². The summed E-state index contributed by atoms with van der Waals surface area (Å²) in [4.78, 5) is 5.50. The molecule has 0 radical (unpaired) electrons. The fraction of sp³-hybridized carbons (Fsp3) is 0.364. The van der Waals surface area contributed by atoms with Gasteiger partial charge in [0.2, 0.25) is 0 Å². The van der Waals surface area contributed by atoms with Gasteiger partial charge in [0.25, 0.3) is 0 Å². The van der Waals surface area contributed by atoms with Crippen LogP contribution in [0.2, 0.25) is 0 Å². The first-order valence-corrected chi connectivity index (χ1v) is 7.03. The molecule has 0 saturated carbocycles. The Bertz CT molecular complexity index is 627. The second-order valence-electron chi connectivity index (χ2n) is 4.04. The molecule has 3 aromatic heterocycles. The molecule has 3 aromatic rings. The van der Waals surface area contributed by atoms with E-state index in [-0.39, 0.29) is 5.38 Å². The number of thiazole rings is 1. The summed E-state index contributed by atoms with van der Waals surface area (Å²) in [5, 5.41) is 10.1. The molecule has 0 aliphatic carbocycles. The third-order valence-electron chi connectivity index (χ3n) is 2.70. The summed E-state index contributed by atoms with van der Waals surface area (Å²) in [6, 6.07) is 0. The average molecular weight is 282 g/mol. The summed E-state index contributed by atoms with van der Waals surface area (Å²) in [7, 11) is 0. The number of rotatable bonds is 4. The van der Waals surface area contributed by atoms with Crippen molar-refractivity contribution in [2.75, 3.05) is 0 Å². The monoisotopic (exact) mass is 281 g/mol.